The Labute approximate surface area is 152 Å². The Hall–Kier alpha value is -1.78. The van der Waals surface area contributed by atoms with Crippen LogP contribution >= 0.6 is 0 Å². The number of hydrogen-bond acceptors (Lipinski definition) is 2. The molecule has 5 heteroatoms. The molecule has 0 saturated heterocycles. The first kappa shape index (κ1) is 19.5. The van der Waals surface area contributed by atoms with Crippen molar-refractivity contribution >= 4 is 11.8 Å². The Morgan fingerprint density at radius 2 is 1.88 bits per heavy atom. The molecule has 0 aliphatic heterocycles. The first-order valence-corrected chi connectivity index (χ1v) is 9.27. The molecule has 0 aromatic carbocycles. The van der Waals surface area contributed by atoms with Crippen molar-refractivity contribution in [2.75, 3.05) is 6.54 Å². The summed E-state index contributed by atoms with van der Waals surface area (Å²) < 4.78 is 2.05. The summed E-state index contributed by atoms with van der Waals surface area (Å²) in [7, 11) is 2.00. The summed E-state index contributed by atoms with van der Waals surface area (Å²) in [6.07, 6.45) is 4.58. The summed E-state index contributed by atoms with van der Waals surface area (Å²) in [5.74, 6) is 0.116. The van der Waals surface area contributed by atoms with E-state index in [1.165, 1.54) is 0 Å². The molecule has 2 amide bonds. The normalized spacial score (nSPS) is 14.7. The van der Waals surface area contributed by atoms with E-state index in [2.05, 4.69) is 20.8 Å². The molecule has 0 radical (unpaired) electrons. The van der Waals surface area contributed by atoms with E-state index < -0.39 is 0 Å². The van der Waals surface area contributed by atoms with Gasteiger partial charge in [0.05, 0.1) is 13.1 Å². The van der Waals surface area contributed by atoms with Crippen molar-refractivity contribution in [2.45, 2.75) is 72.5 Å². The standard InChI is InChI=1S/C20H33N3O2/c1-15(2)22(18(24)12-20(3,4)5)14-19(25)23(16-9-10-16)13-17-8-7-11-21(17)6/h7-8,11,15-16H,9-10,12-14H2,1-6H3. The van der Waals surface area contributed by atoms with Crippen LogP contribution in [0.4, 0.5) is 0 Å². The highest BCUT2D eigenvalue weighted by molar-refractivity contribution is 5.85. The molecule has 2 rings (SSSR count). The van der Waals surface area contributed by atoms with Crippen LogP contribution in [-0.2, 0) is 23.2 Å². The first-order valence-electron chi connectivity index (χ1n) is 9.27. The van der Waals surface area contributed by atoms with Crippen molar-refractivity contribution in [2.24, 2.45) is 12.5 Å². The lowest BCUT2D eigenvalue weighted by atomic mass is 9.91. The third kappa shape index (κ3) is 5.62. The van der Waals surface area contributed by atoms with Gasteiger partial charge in [0.25, 0.3) is 0 Å². The minimum Gasteiger partial charge on any atom is -0.353 e. The van der Waals surface area contributed by atoms with E-state index in [0.717, 1.165) is 18.5 Å². The molecule has 0 spiro atoms. The molecule has 140 valence electrons. The van der Waals surface area contributed by atoms with E-state index in [4.69, 9.17) is 0 Å². The van der Waals surface area contributed by atoms with Crippen LogP contribution in [0.2, 0.25) is 0 Å². The average molecular weight is 348 g/mol. The van der Waals surface area contributed by atoms with Gasteiger partial charge in [-0.15, -0.1) is 0 Å². The number of amides is 2. The van der Waals surface area contributed by atoms with Crippen molar-refractivity contribution in [1.29, 1.82) is 0 Å². The van der Waals surface area contributed by atoms with Gasteiger partial charge in [-0.3, -0.25) is 9.59 Å². The van der Waals surface area contributed by atoms with Crippen LogP contribution in [0.1, 0.15) is 59.6 Å². The van der Waals surface area contributed by atoms with Gasteiger partial charge in [-0.1, -0.05) is 20.8 Å². The smallest absolute Gasteiger partial charge is 0.242 e. The Morgan fingerprint density at radius 3 is 2.32 bits per heavy atom. The fraction of sp³-hybridized carbons (Fsp3) is 0.700. The number of aromatic nitrogens is 1. The molecule has 1 fully saturated rings. The van der Waals surface area contributed by atoms with Gasteiger partial charge in [0.15, 0.2) is 0 Å². The van der Waals surface area contributed by atoms with Gasteiger partial charge in [-0.05, 0) is 44.2 Å². The Balaban J connectivity index is 2.07. The fourth-order valence-corrected chi connectivity index (χ4v) is 2.99. The molecular weight excluding hydrogens is 314 g/mol. The number of aryl methyl sites for hydroxylation is 1. The van der Waals surface area contributed by atoms with Crippen LogP contribution in [0, 0.1) is 5.41 Å². The van der Waals surface area contributed by atoms with Crippen molar-refractivity contribution in [3.05, 3.63) is 24.0 Å². The van der Waals surface area contributed by atoms with Gasteiger partial charge >= 0.3 is 0 Å². The molecule has 1 aromatic rings. The van der Waals surface area contributed by atoms with Crippen LogP contribution in [0.3, 0.4) is 0 Å². The monoisotopic (exact) mass is 347 g/mol. The van der Waals surface area contributed by atoms with Gasteiger partial charge in [0, 0.05) is 37.4 Å². The molecular formula is C20H33N3O2. The highest BCUT2D eigenvalue weighted by atomic mass is 16.2. The van der Waals surface area contributed by atoms with E-state index in [0.29, 0.717) is 19.0 Å². The number of hydrogen-bond donors (Lipinski definition) is 0. The largest absolute Gasteiger partial charge is 0.353 e. The number of rotatable bonds is 7. The molecule has 5 nitrogen and oxygen atoms in total. The molecule has 1 aliphatic rings. The second-order valence-corrected chi connectivity index (χ2v) is 8.72. The quantitative estimate of drug-likeness (QED) is 0.760. The van der Waals surface area contributed by atoms with Crippen LogP contribution in [-0.4, -0.2) is 44.8 Å². The third-order valence-corrected chi connectivity index (χ3v) is 4.62. The molecule has 1 aromatic heterocycles. The third-order valence-electron chi connectivity index (χ3n) is 4.62. The molecule has 1 aliphatic carbocycles. The van der Waals surface area contributed by atoms with Gasteiger partial charge in [-0.25, -0.2) is 0 Å². The lowest BCUT2D eigenvalue weighted by Gasteiger charge is -2.32. The first-order chi connectivity index (χ1) is 11.6. The van der Waals surface area contributed by atoms with Gasteiger partial charge in [0.2, 0.25) is 11.8 Å². The second kappa shape index (κ2) is 7.63. The maximum Gasteiger partial charge on any atom is 0.242 e. The Kier molecular flexibility index (Phi) is 5.96. The van der Waals surface area contributed by atoms with Crippen LogP contribution in [0.5, 0.6) is 0 Å². The van der Waals surface area contributed by atoms with E-state index in [-0.39, 0.29) is 29.8 Å². The lowest BCUT2D eigenvalue weighted by Crippen LogP contribution is -2.47. The molecule has 1 saturated carbocycles. The Morgan fingerprint density at radius 1 is 1.24 bits per heavy atom. The fourth-order valence-electron chi connectivity index (χ4n) is 2.99. The van der Waals surface area contributed by atoms with Crippen molar-refractivity contribution in [3.63, 3.8) is 0 Å². The van der Waals surface area contributed by atoms with Gasteiger partial charge < -0.3 is 14.4 Å². The Bertz CT molecular complexity index is 609. The maximum absolute atomic E-state index is 13.0. The highest BCUT2D eigenvalue weighted by Gasteiger charge is 2.35. The molecule has 0 unspecified atom stereocenters. The second-order valence-electron chi connectivity index (χ2n) is 8.72. The summed E-state index contributed by atoms with van der Waals surface area (Å²) in [4.78, 5) is 29.3. The molecule has 0 atom stereocenters. The minimum atomic E-state index is -0.0769. The molecule has 1 heterocycles. The zero-order valence-electron chi connectivity index (χ0n) is 16.6. The number of carbonyl (C=O) groups excluding carboxylic acids is 2. The summed E-state index contributed by atoms with van der Waals surface area (Å²) in [6, 6.07) is 4.40. The van der Waals surface area contributed by atoms with E-state index in [1.807, 2.05) is 48.7 Å². The minimum absolute atomic E-state index is 0.0230. The van der Waals surface area contributed by atoms with Crippen molar-refractivity contribution < 1.29 is 9.59 Å². The summed E-state index contributed by atoms with van der Waals surface area (Å²) in [5.41, 5.74) is 1.05. The highest BCUT2D eigenvalue weighted by Crippen LogP contribution is 2.29. The number of carbonyl (C=O) groups is 2. The van der Waals surface area contributed by atoms with Gasteiger partial charge in [-0.2, -0.15) is 0 Å². The molecule has 25 heavy (non-hydrogen) atoms. The molecule has 0 N–H and O–H groups in total. The predicted octanol–water partition coefficient (Wildman–Crippen LogP) is 3.19. The average Bonchev–Trinajstić information content (AvgIpc) is 3.23. The van der Waals surface area contributed by atoms with E-state index in [9.17, 15) is 9.59 Å². The van der Waals surface area contributed by atoms with Crippen LogP contribution in [0.15, 0.2) is 18.3 Å². The van der Waals surface area contributed by atoms with Gasteiger partial charge in [0.1, 0.15) is 0 Å². The summed E-state index contributed by atoms with van der Waals surface area (Å²) >= 11 is 0. The summed E-state index contributed by atoms with van der Waals surface area (Å²) in [5, 5.41) is 0. The number of nitrogens with zero attached hydrogens (tertiary/aromatic N) is 3. The lowest BCUT2D eigenvalue weighted by molar-refractivity contribution is -0.143. The van der Waals surface area contributed by atoms with Crippen LogP contribution in [0.25, 0.3) is 0 Å². The maximum atomic E-state index is 13.0. The van der Waals surface area contributed by atoms with Crippen molar-refractivity contribution in [1.82, 2.24) is 14.4 Å². The zero-order valence-corrected chi connectivity index (χ0v) is 16.6. The topological polar surface area (TPSA) is 45.6 Å². The zero-order chi connectivity index (χ0) is 18.8. The van der Waals surface area contributed by atoms with E-state index in [1.54, 1.807) is 4.90 Å². The van der Waals surface area contributed by atoms with Crippen molar-refractivity contribution in [3.8, 4) is 0 Å². The predicted molar refractivity (Wildman–Crippen MR) is 99.9 cm³/mol. The van der Waals surface area contributed by atoms with E-state index >= 15 is 0 Å². The summed E-state index contributed by atoms with van der Waals surface area (Å²) in [6.45, 7) is 10.9. The SMILES string of the molecule is CC(C)N(CC(=O)N(Cc1cccn1C)C1CC1)C(=O)CC(C)(C)C. The molecule has 0 bridgehead atoms. The van der Waals surface area contributed by atoms with Crippen LogP contribution < -0.4 is 0 Å².